The molecule has 3 aromatic carbocycles. The van der Waals surface area contributed by atoms with E-state index in [4.69, 9.17) is 0 Å². The van der Waals surface area contributed by atoms with E-state index in [0.29, 0.717) is 20.5 Å². The molecule has 1 N–H and O–H groups in total. The van der Waals surface area contributed by atoms with Crippen molar-refractivity contribution in [1.29, 1.82) is 5.26 Å². The summed E-state index contributed by atoms with van der Waals surface area (Å²) in [4.78, 5) is 26.7. The van der Waals surface area contributed by atoms with E-state index in [1.807, 2.05) is 42.5 Å². The van der Waals surface area contributed by atoms with Gasteiger partial charge in [-0.15, -0.1) is 0 Å². The van der Waals surface area contributed by atoms with Crippen LogP contribution in [-0.2, 0) is 11.3 Å². The van der Waals surface area contributed by atoms with E-state index < -0.39 is 0 Å². The Kier molecular flexibility index (Phi) is 5.94. The molecule has 0 saturated carbocycles. The Labute approximate surface area is 191 Å². The highest BCUT2D eigenvalue weighted by Gasteiger charge is 2.35. The number of phenolic OH excluding ortho intramolecular Hbond substituents is 1. The van der Waals surface area contributed by atoms with E-state index in [0.717, 1.165) is 28.5 Å². The molecule has 0 bridgehead atoms. The van der Waals surface area contributed by atoms with Gasteiger partial charge in [-0.3, -0.25) is 14.5 Å². The highest BCUT2D eigenvalue weighted by atomic mass is 79.9. The van der Waals surface area contributed by atoms with Crippen LogP contribution in [0.4, 0.5) is 4.79 Å². The van der Waals surface area contributed by atoms with Gasteiger partial charge in [0.2, 0.25) is 0 Å². The van der Waals surface area contributed by atoms with Gasteiger partial charge in [0, 0.05) is 0 Å². The largest absolute Gasteiger partial charge is 0.507 e. The molecule has 7 heteroatoms. The van der Waals surface area contributed by atoms with Gasteiger partial charge in [0.05, 0.1) is 27.6 Å². The molecular weight excluding hydrogens is 476 g/mol. The average molecular weight is 491 g/mol. The number of hydrogen-bond acceptors (Lipinski definition) is 5. The Morgan fingerprint density at radius 3 is 2.52 bits per heavy atom. The van der Waals surface area contributed by atoms with Crippen molar-refractivity contribution in [2.45, 2.75) is 6.54 Å². The molecule has 1 fully saturated rings. The molecule has 0 atom stereocenters. The smallest absolute Gasteiger partial charge is 0.293 e. The number of benzene rings is 3. The predicted octanol–water partition coefficient (Wildman–Crippen LogP) is 5.93. The van der Waals surface area contributed by atoms with Crippen LogP contribution >= 0.6 is 27.7 Å². The number of rotatable bonds is 4. The summed E-state index contributed by atoms with van der Waals surface area (Å²) in [6, 6.07) is 21.9. The molecule has 5 nitrogen and oxygen atoms in total. The van der Waals surface area contributed by atoms with Crippen LogP contribution in [0.1, 0.15) is 16.7 Å². The van der Waals surface area contributed by atoms with Crippen LogP contribution in [0.5, 0.6) is 5.75 Å². The number of halogens is 1. The lowest BCUT2D eigenvalue weighted by atomic mass is 9.99. The molecule has 0 radical (unpaired) electrons. The normalized spacial score (nSPS) is 14.8. The highest BCUT2D eigenvalue weighted by molar-refractivity contribution is 9.10. The monoisotopic (exact) mass is 490 g/mol. The lowest BCUT2D eigenvalue weighted by Crippen LogP contribution is -2.27. The first kappa shape index (κ1) is 20.9. The number of nitrogens with zero attached hydrogens (tertiary/aromatic N) is 2. The minimum absolute atomic E-state index is 0.103. The maximum Gasteiger partial charge on any atom is 0.293 e. The van der Waals surface area contributed by atoms with Gasteiger partial charge in [0.25, 0.3) is 11.1 Å². The lowest BCUT2D eigenvalue weighted by molar-refractivity contribution is -0.123. The minimum atomic E-state index is -0.349. The SMILES string of the molecule is N#Cc1ccccc1-c1ccc(CN2C(=O)SC(=Cc3ccc(O)c(Br)c3)C2=O)cc1. The van der Waals surface area contributed by atoms with E-state index in [9.17, 15) is 20.0 Å². The van der Waals surface area contributed by atoms with Crippen LogP contribution in [0.2, 0.25) is 0 Å². The first-order valence-electron chi connectivity index (χ1n) is 9.28. The summed E-state index contributed by atoms with van der Waals surface area (Å²) in [6.45, 7) is 0.168. The number of hydrogen-bond donors (Lipinski definition) is 1. The van der Waals surface area contributed by atoms with Crippen LogP contribution in [0, 0.1) is 11.3 Å². The Morgan fingerprint density at radius 2 is 1.81 bits per heavy atom. The Bertz CT molecular complexity index is 1260. The number of carbonyl (C=O) groups is 2. The van der Waals surface area contributed by atoms with E-state index >= 15 is 0 Å². The van der Waals surface area contributed by atoms with Crippen LogP contribution in [0.3, 0.4) is 0 Å². The number of thioether (sulfide) groups is 1. The van der Waals surface area contributed by atoms with E-state index in [1.165, 1.54) is 11.0 Å². The number of nitriles is 1. The molecule has 0 aliphatic carbocycles. The molecular formula is C24H15BrN2O3S. The third-order valence-electron chi connectivity index (χ3n) is 4.80. The maximum absolute atomic E-state index is 12.8. The second-order valence-electron chi connectivity index (χ2n) is 6.83. The summed E-state index contributed by atoms with van der Waals surface area (Å²) in [7, 11) is 0. The first-order valence-corrected chi connectivity index (χ1v) is 10.9. The summed E-state index contributed by atoms with van der Waals surface area (Å²) in [5.41, 5.74) is 3.84. The standard InChI is InChI=1S/C24H15BrN2O3S/c25-20-11-16(7-10-21(20)28)12-22-23(29)27(24(30)31-22)14-15-5-8-17(9-6-15)19-4-2-1-3-18(19)13-26/h1-12,28H,14H2. The molecule has 1 saturated heterocycles. The topological polar surface area (TPSA) is 81.4 Å². The van der Waals surface area contributed by atoms with Crippen molar-refractivity contribution < 1.29 is 14.7 Å². The van der Waals surface area contributed by atoms with Crippen molar-refractivity contribution in [2.24, 2.45) is 0 Å². The highest BCUT2D eigenvalue weighted by Crippen LogP contribution is 2.34. The number of imide groups is 1. The fraction of sp³-hybridized carbons (Fsp3) is 0.0417. The predicted molar refractivity (Wildman–Crippen MR) is 124 cm³/mol. The zero-order valence-corrected chi connectivity index (χ0v) is 18.5. The van der Waals surface area contributed by atoms with Crippen molar-refractivity contribution >= 4 is 44.9 Å². The number of phenols is 1. The van der Waals surface area contributed by atoms with E-state index in [2.05, 4.69) is 22.0 Å². The third kappa shape index (κ3) is 4.41. The zero-order chi connectivity index (χ0) is 22.0. The number of carbonyl (C=O) groups excluding carboxylic acids is 2. The van der Waals surface area contributed by atoms with Crippen LogP contribution in [-0.4, -0.2) is 21.2 Å². The molecule has 0 aromatic heterocycles. The summed E-state index contributed by atoms with van der Waals surface area (Å²) in [5.74, 6) is -0.246. The Hall–Kier alpha value is -3.34. The molecule has 0 unspecified atom stereocenters. The Morgan fingerprint density at radius 1 is 1.06 bits per heavy atom. The minimum Gasteiger partial charge on any atom is -0.507 e. The molecule has 0 spiro atoms. The quantitative estimate of drug-likeness (QED) is 0.458. The lowest BCUT2D eigenvalue weighted by Gasteiger charge is -2.13. The third-order valence-corrected chi connectivity index (χ3v) is 6.34. The molecule has 1 aliphatic rings. The first-order chi connectivity index (χ1) is 15.0. The second-order valence-corrected chi connectivity index (χ2v) is 8.68. The van der Waals surface area contributed by atoms with Gasteiger partial charge < -0.3 is 5.11 Å². The molecule has 4 rings (SSSR count). The summed E-state index contributed by atoms with van der Waals surface area (Å²) in [6.07, 6.45) is 1.64. The van der Waals surface area contributed by atoms with Gasteiger partial charge >= 0.3 is 0 Å². The maximum atomic E-state index is 12.8. The fourth-order valence-corrected chi connectivity index (χ4v) is 4.44. The molecule has 152 valence electrons. The molecule has 3 aromatic rings. The van der Waals surface area contributed by atoms with Crippen LogP contribution in [0.25, 0.3) is 17.2 Å². The molecule has 31 heavy (non-hydrogen) atoms. The molecule has 1 aliphatic heterocycles. The van der Waals surface area contributed by atoms with E-state index in [1.54, 1.807) is 24.3 Å². The van der Waals surface area contributed by atoms with E-state index in [-0.39, 0.29) is 23.4 Å². The van der Waals surface area contributed by atoms with Crippen molar-refractivity contribution in [3.8, 4) is 22.9 Å². The second kappa shape index (κ2) is 8.80. The van der Waals surface area contributed by atoms with Crippen molar-refractivity contribution in [2.75, 3.05) is 0 Å². The molecule has 2 amide bonds. The van der Waals surface area contributed by atoms with Crippen LogP contribution < -0.4 is 0 Å². The number of amides is 2. The van der Waals surface area contributed by atoms with Gasteiger partial charge in [-0.05, 0) is 74.2 Å². The summed E-state index contributed by atoms with van der Waals surface area (Å²) >= 11 is 4.14. The van der Waals surface area contributed by atoms with Gasteiger partial charge in [0.15, 0.2) is 0 Å². The summed E-state index contributed by atoms with van der Waals surface area (Å²) in [5, 5.41) is 18.6. The van der Waals surface area contributed by atoms with Crippen molar-refractivity contribution in [1.82, 2.24) is 4.90 Å². The fourth-order valence-electron chi connectivity index (χ4n) is 3.21. The van der Waals surface area contributed by atoms with Gasteiger partial charge in [-0.2, -0.15) is 5.26 Å². The van der Waals surface area contributed by atoms with Crippen molar-refractivity contribution in [3.63, 3.8) is 0 Å². The average Bonchev–Trinajstić information content (AvgIpc) is 3.04. The van der Waals surface area contributed by atoms with Gasteiger partial charge in [-0.1, -0.05) is 48.5 Å². The number of aromatic hydroxyl groups is 1. The zero-order valence-electron chi connectivity index (χ0n) is 16.1. The van der Waals surface area contributed by atoms with Gasteiger partial charge in [0.1, 0.15) is 5.75 Å². The van der Waals surface area contributed by atoms with Crippen molar-refractivity contribution in [3.05, 3.63) is 92.8 Å². The van der Waals surface area contributed by atoms with Crippen LogP contribution in [0.15, 0.2) is 76.1 Å². The summed E-state index contributed by atoms with van der Waals surface area (Å²) < 4.78 is 0.513. The molecule has 1 heterocycles. The Balaban J connectivity index is 1.52. The van der Waals surface area contributed by atoms with Gasteiger partial charge in [-0.25, -0.2) is 0 Å².